The lowest BCUT2D eigenvalue weighted by atomic mass is 9.76. The number of amides is 3. The van der Waals surface area contributed by atoms with Gasteiger partial charge in [-0.05, 0) is 67.6 Å². The van der Waals surface area contributed by atoms with Crippen molar-refractivity contribution in [3.8, 4) is 5.75 Å². The number of hydrogen-bond acceptors (Lipinski definition) is 5. The number of carbonyl (C=O) groups is 4. The highest BCUT2D eigenvalue weighted by Gasteiger charge is 2.50. The summed E-state index contributed by atoms with van der Waals surface area (Å²) in [6.45, 7) is 2.24. The van der Waals surface area contributed by atoms with Crippen molar-refractivity contribution in [3.63, 3.8) is 0 Å². The van der Waals surface area contributed by atoms with Crippen LogP contribution in [0, 0.1) is 23.7 Å². The molecule has 9 heteroatoms. The molecule has 2 aromatic carbocycles. The molecule has 2 saturated heterocycles. The van der Waals surface area contributed by atoms with Gasteiger partial charge < -0.3 is 9.64 Å². The Balaban J connectivity index is 1.25. The predicted octanol–water partition coefficient (Wildman–Crippen LogP) is 4.88. The number of rotatable bonds is 4. The Hall–Kier alpha value is -2.90. The van der Waals surface area contributed by atoms with Crippen molar-refractivity contribution < 1.29 is 23.9 Å². The second-order valence-corrected chi connectivity index (χ2v) is 10.4. The lowest BCUT2D eigenvalue weighted by Gasteiger charge is -2.25. The molecule has 0 bridgehead atoms. The lowest BCUT2D eigenvalue weighted by molar-refractivity contribution is -0.139. The van der Waals surface area contributed by atoms with Crippen LogP contribution in [0.25, 0.3) is 0 Å². The highest BCUT2D eigenvalue weighted by atomic mass is 35.5. The minimum atomic E-state index is -0.663. The van der Waals surface area contributed by atoms with E-state index in [4.69, 9.17) is 27.9 Å². The van der Waals surface area contributed by atoms with E-state index in [0.29, 0.717) is 27.3 Å². The fourth-order valence-electron chi connectivity index (χ4n) is 5.30. The molecule has 2 heterocycles. The summed E-state index contributed by atoms with van der Waals surface area (Å²) in [5.41, 5.74) is 0.929. The summed E-state index contributed by atoms with van der Waals surface area (Å²) in [6.07, 6.45) is 2.42. The topological polar surface area (TPSA) is 84.0 Å². The fraction of sp³-hybridized carbons (Fsp3) is 0.385. The Bertz CT molecular complexity index is 1210. The van der Waals surface area contributed by atoms with E-state index in [1.54, 1.807) is 42.5 Å². The zero-order valence-corrected chi connectivity index (χ0v) is 20.6. The third-order valence-electron chi connectivity index (χ3n) is 7.16. The molecule has 3 fully saturated rings. The monoisotopic (exact) mass is 514 g/mol. The predicted molar refractivity (Wildman–Crippen MR) is 131 cm³/mol. The maximum atomic E-state index is 12.9. The van der Waals surface area contributed by atoms with Crippen molar-refractivity contribution >= 4 is 58.3 Å². The first-order valence-corrected chi connectivity index (χ1v) is 12.4. The summed E-state index contributed by atoms with van der Waals surface area (Å²) in [6, 6.07) is 11.1. The summed E-state index contributed by atoms with van der Waals surface area (Å²) in [5, 5.41) is 0.805. The van der Waals surface area contributed by atoms with Crippen LogP contribution in [0.15, 0.2) is 42.5 Å². The van der Waals surface area contributed by atoms with Crippen LogP contribution >= 0.6 is 23.2 Å². The number of esters is 1. The number of hydrogen-bond donors (Lipinski definition) is 0. The molecule has 4 atom stereocenters. The molecule has 182 valence electrons. The normalized spacial score (nSPS) is 26.3. The van der Waals surface area contributed by atoms with Crippen molar-refractivity contribution in [2.75, 3.05) is 16.3 Å². The Morgan fingerprint density at radius 1 is 0.971 bits per heavy atom. The third kappa shape index (κ3) is 4.43. The quantitative estimate of drug-likeness (QED) is 0.330. The molecule has 3 amide bonds. The Morgan fingerprint density at radius 2 is 1.69 bits per heavy atom. The summed E-state index contributed by atoms with van der Waals surface area (Å²) in [5.74, 6) is -1.54. The molecule has 7 nitrogen and oxygen atoms in total. The van der Waals surface area contributed by atoms with E-state index in [1.165, 1.54) is 9.80 Å². The van der Waals surface area contributed by atoms with Gasteiger partial charge in [-0.2, -0.15) is 0 Å². The number of ether oxygens (including phenoxy) is 1. The fourth-order valence-corrected chi connectivity index (χ4v) is 5.68. The van der Waals surface area contributed by atoms with Gasteiger partial charge in [0.1, 0.15) is 5.75 Å². The average molecular weight is 515 g/mol. The highest BCUT2D eigenvalue weighted by Crippen LogP contribution is 2.42. The minimum absolute atomic E-state index is 0.00224. The van der Waals surface area contributed by atoms with Gasteiger partial charge >= 0.3 is 5.97 Å². The molecule has 0 spiro atoms. The van der Waals surface area contributed by atoms with Gasteiger partial charge in [-0.15, -0.1) is 0 Å². The molecule has 1 saturated carbocycles. The SMILES string of the molecule is C[C@@H]1CC[C@@H]2C(=O)N(c3ccc(OC(=O)[C@H]4CC(=O)N(c5cc(Cl)ccc5Cl)C4)cc3)C(=O)[C@@H]2C1. The molecule has 0 N–H and O–H groups in total. The first-order chi connectivity index (χ1) is 16.7. The number of carbonyl (C=O) groups excluding carboxylic acids is 4. The average Bonchev–Trinajstić information content (AvgIpc) is 3.33. The van der Waals surface area contributed by atoms with E-state index in [9.17, 15) is 19.2 Å². The Kier molecular flexibility index (Phi) is 6.32. The van der Waals surface area contributed by atoms with Crippen molar-refractivity contribution in [2.45, 2.75) is 32.6 Å². The zero-order valence-electron chi connectivity index (χ0n) is 19.1. The molecule has 2 aromatic rings. The molecule has 5 rings (SSSR count). The summed E-state index contributed by atoms with van der Waals surface area (Å²) < 4.78 is 5.50. The number of fused-ring (bicyclic) bond motifs is 1. The first-order valence-electron chi connectivity index (χ1n) is 11.7. The van der Waals surface area contributed by atoms with Crippen LogP contribution in [0.4, 0.5) is 11.4 Å². The molecular weight excluding hydrogens is 491 g/mol. The maximum absolute atomic E-state index is 12.9. The van der Waals surface area contributed by atoms with Crippen molar-refractivity contribution in [3.05, 3.63) is 52.5 Å². The molecule has 35 heavy (non-hydrogen) atoms. The summed E-state index contributed by atoms with van der Waals surface area (Å²) in [4.78, 5) is 53.8. The second kappa shape index (κ2) is 9.28. The van der Waals surface area contributed by atoms with E-state index in [1.807, 2.05) is 0 Å². The molecule has 2 aliphatic heterocycles. The van der Waals surface area contributed by atoms with Crippen LogP contribution in [-0.4, -0.2) is 30.2 Å². The van der Waals surface area contributed by atoms with Gasteiger partial charge in [0, 0.05) is 18.0 Å². The van der Waals surface area contributed by atoms with E-state index < -0.39 is 11.9 Å². The second-order valence-electron chi connectivity index (χ2n) is 9.56. The van der Waals surface area contributed by atoms with E-state index in [-0.39, 0.29) is 48.3 Å². The van der Waals surface area contributed by atoms with Crippen LogP contribution in [0.1, 0.15) is 32.6 Å². The molecule has 0 unspecified atom stereocenters. The van der Waals surface area contributed by atoms with Crippen LogP contribution in [0.3, 0.4) is 0 Å². The molecule has 1 aliphatic carbocycles. The zero-order chi connectivity index (χ0) is 24.9. The van der Waals surface area contributed by atoms with Crippen LogP contribution in [0.2, 0.25) is 10.0 Å². The molecular formula is C26H24Cl2N2O5. The number of anilines is 2. The van der Waals surface area contributed by atoms with Crippen molar-refractivity contribution in [2.24, 2.45) is 23.7 Å². The number of imide groups is 1. The third-order valence-corrected chi connectivity index (χ3v) is 7.71. The van der Waals surface area contributed by atoms with Crippen LogP contribution in [0.5, 0.6) is 5.75 Å². The highest BCUT2D eigenvalue weighted by molar-refractivity contribution is 6.36. The first kappa shape index (κ1) is 23.8. The largest absolute Gasteiger partial charge is 0.426 e. The van der Waals surface area contributed by atoms with Gasteiger partial charge in [0.25, 0.3) is 0 Å². The maximum Gasteiger partial charge on any atom is 0.316 e. The molecule has 0 radical (unpaired) electrons. The lowest BCUT2D eigenvalue weighted by Crippen LogP contribution is -2.30. The van der Waals surface area contributed by atoms with Crippen molar-refractivity contribution in [1.29, 1.82) is 0 Å². The standard InChI is InChI=1S/C26H24Cl2N2O5/c1-14-2-8-19-20(10-14)25(33)30(24(19)32)17-4-6-18(7-5-17)35-26(34)15-11-23(31)29(13-15)22-12-16(27)3-9-21(22)28/h3-7,9,12,14-15,19-20H,2,8,10-11,13H2,1H3/t14-,15+,19+,20-/m1/s1. The van der Waals surface area contributed by atoms with Gasteiger partial charge in [0.15, 0.2) is 0 Å². The van der Waals surface area contributed by atoms with Gasteiger partial charge in [0.2, 0.25) is 17.7 Å². The smallest absolute Gasteiger partial charge is 0.316 e. The van der Waals surface area contributed by atoms with Gasteiger partial charge in [-0.3, -0.25) is 24.1 Å². The van der Waals surface area contributed by atoms with Gasteiger partial charge in [-0.1, -0.05) is 30.1 Å². The number of halogens is 2. The Labute approximate surface area is 212 Å². The van der Waals surface area contributed by atoms with E-state index >= 15 is 0 Å². The molecule has 3 aliphatic rings. The number of nitrogens with zero attached hydrogens (tertiary/aromatic N) is 2. The van der Waals surface area contributed by atoms with Gasteiger partial charge in [-0.25, -0.2) is 0 Å². The van der Waals surface area contributed by atoms with Crippen molar-refractivity contribution in [1.82, 2.24) is 0 Å². The Morgan fingerprint density at radius 3 is 2.43 bits per heavy atom. The molecule has 0 aromatic heterocycles. The minimum Gasteiger partial charge on any atom is -0.426 e. The van der Waals surface area contributed by atoms with Crippen LogP contribution in [-0.2, 0) is 19.2 Å². The summed E-state index contributed by atoms with van der Waals surface area (Å²) in [7, 11) is 0. The van der Waals surface area contributed by atoms with E-state index in [0.717, 1.165) is 19.3 Å². The van der Waals surface area contributed by atoms with Gasteiger partial charge in [0.05, 0.1) is 34.2 Å². The van der Waals surface area contributed by atoms with Crippen LogP contribution < -0.4 is 14.5 Å². The number of benzene rings is 2. The summed E-state index contributed by atoms with van der Waals surface area (Å²) >= 11 is 12.2. The van der Waals surface area contributed by atoms with E-state index in [2.05, 4.69) is 6.92 Å².